The molecule has 0 unspecified atom stereocenters. The average molecular weight is 342 g/mol. The molecule has 2 aromatic rings. The highest BCUT2D eigenvalue weighted by Crippen LogP contribution is 2.26. The fourth-order valence-corrected chi connectivity index (χ4v) is 2.57. The lowest BCUT2D eigenvalue weighted by Gasteiger charge is -2.24. The van der Waals surface area contributed by atoms with E-state index in [9.17, 15) is 4.79 Å². The second-order valence-electron chi connectivity index (χ2n) is 6.56. The first-order valence-electron chi connectivity index (χ1n) is 7.49. The third kappa shape index (κ3) is 3.55. The molecule has 0 amide bonds. The van der Waals surface area contributed by atoms with Crippen LogP contribution in [0.2, 0.25) is 0 Å². The predicted octanol–water partition coefficient (Wildman–Crippen LogP) is 0.751. The molecule has 0 heterocycles. The van der Waals surface area contributed by atoms with Crippen LogP contribution in [0.1, 0.15) is 15.9 Å². The zero-order valence-corrected chi connectivity index (χ0v) is 14.7. The Hall–Kier alpha value is -2.43. The van der Waals surface area contributed by atoms with E-state index < -0.39 is 0 Å². The third-order valence-corrected chi connectivity index (χ3v) is 3.89. The van der Waals surface area contributed by atoms with Crippen molar-refractivity contribution in [3.63, 3.8) is 0 Å². The Labute approximate surface area is 148 Å². The quantitative estimate of drug-likeness (QED) is 0.810. The molecule has 24 heavy (non-hydrogen) atoms. The topological polar surface area (TPSA) is 53.0 Å². The van der Waals surface area contributed by atoms with Crippen LogP contribution in [-0.4, -0.2) is 32.6 Å². The molecule has 0 saturated carbocycles. The number of hydrogen-bond acceptors (Lipinski definition) is 3. The van der Waals surface area contributed by atoms with E-state index in [-0.39, 0.29) is 18.2 Å². The van der Waals surface area contributed by atoms with Crippen LogP contribution >= 0.6 is 0 Å². The van der Waals surface area contributed by atoms with Crippen LogP contribution in [0.5, 0.6) is 0 Å². The molecule has 1 aliphatic carbocycles. The first-order valence-corrected chi connectivity index (χ1v) is 7.49. The van der Waals surface area contributed by atoms with Crippen LogP contribution in [0, 0.1) is 5.41 Å². The zero-order valence-electron chi connectivity index (χ0n) is 13.9. The molecular weight excluding hydrogens is 322 g/mol. The lowest BCUT2D eigenvalue weighted by Crippen LogP contribution is -3.00. The third-order valence-electron chi connectivity index (χ3n) is 3.89. The molecule has 0 fully saturated rings. The molecule has 2 aromatic carbocycles. The second kappa shape index (κ2) is 6.59. The van der Waals surface area contributed by atoms with Gasteiger partial charge in [0.15, 0.2) is 5.78 Å². The Morgan fingerprint density at radius 3 is 2.33 bits per heavy atom. The zero-order chi connectivity index (χ0) is 16.6. The van der Waals surface area contributed by atoms with Crippen LogP contribution in [-0.2, 0) is 0 Å². The Balaban J connectivity index is 0.00000208. The van der Waals surface area contributed by atoms with Crippen molar-refractivity contribution in [1.29, 1.82) is 5.41 Å². The van der Waals surface area contributed by atoms with Gasteiger partial charge in [-0.15, -0.1) is 0 Å². The van der Waals surface area contributed by atoms with Gasteiger partial charge in [-0.3, -0.25) is 9.28 Å². The number of benzene rings is 2. The number of halogens is 1. The van der Waals surface area contributed by atoms with E-state index in [1.807, 2.05) is 24.3 Å². The van der Waals surface area contributed by atoms with E-state index in [2.05, 4.69) is 38.6 Å². The number of ketones is 1. The SMILES string of the molecule is C[N+](C)(C)c1cccc(Nc2ccc3c(c2)C(=N)C=CC3=O)c1.[Cl-]. The van der Waals surface area contributed by atoms with Gasteiger partial charge in [0, 0.05) is 28.6 Å². The minimum absolute atomic E-state index is 0. The molecule has 3 rings (SSSR count). The standard InChI is InChI=1S/C19H19N3O.ClH/c1-22(2,3)15-6-4-5-13(11-15)21-14-7-8-16-17(12-14)18(20)9-10-19(16)23;/h4-12,20H,1-3H3;1H. The van der Waals surface area contributed by atoms with Gasteiger partial charge in [0.25, 0.3) is 0 Å². The number of fused-ring (bicyclic) bond motifs is 1. The lowest BCUT2D eigenvalue weighted by atomic mass is 9.94. The first-order chi connectivity index (χ1) is 10.8. The maximum absolute atomic E-state index is 11.8. The van der Waals surface area contributed by atoms with E-state index in [0.717, 1.165) is 15.9 Å². The summed E-state index contributed by atoms with van der Waals surface area (Å²) in [6, 6.07) is 13.7. The van der Waals surface area contributed by atoms with Gasteiger partial charge in [-0.05, 0) is 42.5 Å². The van der Waals surface area contributed by atoms with Crippen LogP contribution in [0.15, 0.2) is 54.6 Å². The monoisotopic (exact) mass is 341 g/mol. The van der Waals surface area contributed by atoms with E-state index in [4.69, 9.17) is 5.41 Å². The lowest BCUT2D eigenvalue weighted by molar-refractivity contribution is -0.0000124. The molecular formula is C19H20ClN3O. The van der Waals surface area contributed by atoms with Crippen molar-refractivity contribution >= 4 is 28.6 Å². The van der Waals surface area contributed by atoms with Crippen molar-refractivity contribution in [2.75, 3.05) is 26.5 Å². The van der Waals surface area contributed by atoms with Crippen molar-refractivity contribution in [2.24, 2.45) is 0 Å². The van der Waals surface area contributed by atoms with Crippen molar-refractivity contribution in [2.45, 2.75) is 0 Å². The average Bonchev–Trinajstić information content (AvgIpc) is 2.51. The fraction of sp³-hybridized carbons (Fsp3) is 0.158. The summed E-state index contributed by atoms with van der Waals surface area (Å²) in [6.07, 6.45) is 2.99. The first kappa shape index (κ1) is 17.9. The van der Waals surface area contributed by atoms with E-state index in [1.54, 1.807) is 12.1 Å². The molecule has 124 valence electrons. The van der Waals surface area contributed by atoms with Gasteiger partial charge in [0.1, 0.15) is 5.69 Å². The summed E-state index contributed by atoms with van der Waals surface area (Å²) < 4.78 is 0.740. The molecule has 0 aliphatic heterocycles. The molecule has 4 nitrogen and oxygen atoms in total. The van der Waals surface area contributed by atoms with Crippen molar-refractivity contribution in [1.82, 2.24) is 4.48 Å². The molecule has 2 N–H and O–H groups in total. The minimum atomic E-state index is -0.0467. The molecule has 0 atom stereocenters. The highest BCUT2D eigenvalue weighted by Gasteiger charge is 2.17. The number of nitrogens with zero attached hydrogens (tertiary/aromatic N) is 1. The maximum Gasteiger partial charge on any atom is 0.186 e. The van der Waals surface area contributed by atoms with Crippen molar-refractivity contribution in [3.05, 3.63) is 65.7 Å². The summed E-state index contributed by atoms with van der Waals surface area (Å²) in [4.78, 5) is 11.8. The molecule has 0 aromatic heterocycles. The summed E-state index contributed by atoms with van der Waals surface area (Å²) in [7, 11) is 6.37. The van der Waals surface area contributed by atoms with Gasteiger partial charge in [0.05, 0.1) is 26.9 Å². The van der Waals surface area contributed by atoms with Crippen LogP contribution in [0.25, 0.3) is 0 Å². The summed E-state index contributed by atoms with van der Waals surface area (Å²) in [5.74, 6) is -0.0467. The Morgan fingerprint density at radius 1 is 0.917 bits per heavy atom. The van der Waals surface area contributed by atoms with E-state index >= 15 is 0 Å². The maximum atomic E-state index is 11.8. The number of quaternary nitrogens is 1. The number of rotatable bonds is 3. The van der Waals surface area contributed by atoms with Gasteiger partial charge in [0.2, 0.25) is 0 Å². The summed E-state index contributed by atoms with van der Waals surface area (Å²) >= 11 is 0. The number of carbonyl (C=O) groups is 1. The normalized spacial score (nSPS) is 13.3. The smallest absolute Gasteiger partial charge is 0.186 e. The van der Waals surface area contributed by atoms with E-state index in [0.29, 0.717) is 16.8 Å². The highest BCUT2D eigenvalue weighted by atomic mass is 35.5. The van der Waals surface area contributed by atoms with Gasteiger partial charge >= 0.3 is 0 Å². The van der Waals surface area contributed by atoms with Crippen molar-refractivity contribution < 1.29 is 17.2 Å². The van der Waals surface area contributed by atoms with Crippen molar-refractivity contribution in [3.8, 4) is 0 Å². The van der Waals surface area contributed by atoms with Crippen LogP contribution in [0.3, 0.4) is 0 Å². The largest absolute Gasteiger partial charge is 1.00 e. The van der Waals surface area contributed by atoms with E-state index in [1.165, 1.54) is 11.8 Å². The summed E-state index contributed by atoms with van der Waals surface area (Å²) in [5, 5.41) is 11.3. The number of allylic oxidation sites excluding steroid dienone is 2. The van der Waals surface area contributed by atoms with Crippen LogP contribution < -0.4 is 22.2 Å². The summed E-state index contributed by atoms with van der Waals surface area (Å²) in [5.41, 5.74) is 4.67. The number of anilines is 2. The van der Waals surface area contributed by atoms with Gasteiger partial charge < -0.3 is 23.1 Å². The second-order valence-corrected chi connectivity index (χ2v) is 6.56. The predicted molar refractivity (Wildman–Crippen MR) is 96.0 cm³/mol. The van der Waals surface area contributed by atoms with Gasteiger partial charge in [-0.1, -0.05) is 6.07 Å². The highest BCUT2D eigenvalue weighted by molar-refractivity contribution is 6.23. The number of carbonyl (C=O) groups excluding carboxylic acids is 1. The number of nitrogens with one attached hydrogen (secondary N) is 2. The molecule has 0 spiro atoms. The van der Waals surface area contributed by atoms with Gasteiger partial charge in [-0.2, -0.15) is 0 Å². The Morgan fingerprint density at radius 2 is 1.62 bits per heavy atom. The summed E-state index contributed by atoms with van der Waals surface area (Å²) in [6.45, 7) is 0. The Kier molecular flexibility index (Phi) is 4.92. The molecule has 0 radical (unpaired) electrons. The number of hydrogen-bond donors (Lipinski definition) is 2. The van der Waals surface area contributed by atoms with Gasteiger partial charge in [-0.25, -0.2) is 0 Å². The minimum Gasteiger partial charge on any atom is -1.00 e. The molecule has 0 bridgehead atoms. The molecule has 1 aliphatic rings. The fourth-order valence-electron chi connectivity index (χ4n) is 2.57. The van der Waals surface area contributed by atoms with Crippen LogP contribution in [0.4, 0.5) is 17.1 Å². The molecule has 0 saturated heterocycles. The Bertz CT molecular complexity index is 835. The molecule has 5 heteroatoms.